The molecule has 0 spiro atoms. The number of thioether (sulfide) groups is 1. The van der Waals surface area contributed by atoms with Gasteiger partial charge in [-0.15, -0.1) is 0 Å². The van der Waals surface area contributed by atoms with Gasteiger partial charge < -0.3 is 14.6 Å². The molecule has 0 fully saturated rings. The number of carbonyl (C=O) groups is 1. The van der Waals surface area contributed by atoms with E-state index in [2.05, 4.69) is 4.98 Å². The summed E-state index contributed by atoms with van der Waals surface area (Å²) in [6, 6.07) is 4.64. The zero-order valence-electron chi connectivity index (χ0n) is 14.5. The first-order chi connectivity index (χ1) is 12.0. The van der Waals surface area contributed by atoms with Crippen LogP contribution in [0.2, 0.25) is 0 Å². The Labute approximate surface area is 150 Å². The third-order valence-corrected chi connectivity index (χ3v) is 4.39. The standard InChI is InChI=1S/C17H22N2O5S/c1-4-24-7-8-25-17-18-14-9-12(16(22)23-3)5-6-13(14)15(21)19(17)10-11(2)20/h5-6,9,11,20H,4,7-8,10H2,1-3H3/t11-/m1/s1. The summed E-state index contributed by atoms with van der Waals surface area (Å²) in [5.41, 5.74) is 0.510. The highest BCUT2D eigenvalue weighted by molar-refractivity contribution is 7.99. The van der Waals surface area contributed by atoms with E-state index in [4.69, 9.17) is 9.47 Å². The number of fused-ring (bicyclic) bond motifs is 1. The van der Waals surface area contributed by atoms with E-state index >= 15 is 0 Å². The molecular formula is C17H22N2O5S. The van der Waals surface area contributed by atoms with Crippen LogP contribution in [0.25, 0.3) is 10.9 Å². The molecule has 0 amide bonds. The summed E-state index contributed by atoms with van der Waals surface area (Å²) in [5.74, 6) is 0.143. The molecule has 1 heterocycles. The molecular weight excluding hydrogens is 344 g/mol. The van der Waals surface area contributed by atoms with Crippen molar-refractivity contribution in [2.75, 3.05) is 26.1 Å². The number of benzene rings is 1. The summed E-state index contributed by atoms with van der Waals surface area (Å²) in [4.78, 5) is 29.0. The van der Waals surface area contributed by atoms with Gasteiger partial charge in [-0.2, -0.15) is 0 Å². The van der Waals surface area contributed by atoms with Gasteiger partial charge in [0, 0.05) is 12.4 Å². The molecule has 0 bridgehead atoms. The molecule has 1 atom stereocenters. The molecule has 1 aromatic heterocycles. The van der Waals surface area contributed by atoms with E-state index in [1.54, 1.807) is 19.1 Å². The number of methoxy groups -OCH3 is 1. The van der Waals surface area contributed by atoms with Crippen molar-refractivity contribution in [1.29, 1.82) is 0 Å². The van der Waals surface area contributed by atoms with Crippen molar-refractivity contribution < 1.29 is 19.4 Å². The zero-order valence-corrected chi connectivity index (χ0v) is 15.3. The van der Waals surface area contributed by atoms with Gasteiger partial charge in [-0.3, -0.25) is 9.36 Å². The lowest BCUT2D eigenvalue weighted by Gasteiger charge is -2.14. The predicted molar refractivity (Wildman–Crippen MR) is 96.2 cm³/mol. The van der Waals surface area contributed by atoms with Gasteiger partial charge in [-0.1, -0.05) is 11.8 Å². The highest BCUT2D eigenvalue weighted by Crippen LogP contribution is 2.19. The van der Waals surface area contributed by atoms with Gasteiger partial charge in [-0.25, -0.2) is 9.78 Å². The molecule has 0 aliphatic carbocycles. The summed E-state index contributed by atoms with van der Waals surface area (Å²) < 4.78 is 11.5. The van der Waals surface area contributed by atoms with Crippen LogP contribution in [0.1, 0.15) is 24.2 Å². The molecule has 2 aromatic rings. The zero-order chi connectivity index (χ0) is 18.4. The van der Waals surface area contributed by atoms with Crippen molar-refractivity contribution in [3.63, 3.8) is 0 Å². The number of ether oxygens (including phenoxy) is 2. The lowest BCUT2D eigenvalue weighted by Crippen LogP contribution is -2.28. The van der Waals surface area contributed by atoms with Crippen LogP contribution in [0.5, 0.6) is 0 Å². The van der Waals surface area contributed by atoms with Gasteiger partial charge >= 0.3 is 5.97 Å². The minimum atomic E-state index is -0.683. The minimum Gasteiger partial charge on any atom is -0.465 e. The molecule has 1 N–H and O–H groups in total. The summed E-state index contributed by atoms with van der Waals surface area (Å²) in [6.07, 6.45) is -0.683. The lowest BCUT2D eigenvalue weighted by molar-refractivity contribution is 0.0601. The van der Waals surface area contributed by atoms with E-state index in [1.807, 2.05) is 6.92 Å². The van der Waals surface area contributed by atoms with Gasteiger partial charge in [-0.05, 0) is 32.0 Å². The van der Waals surface area contributed by atoms with Crippen LogP contribution in [0.3, 0.4) is 0 Å². The smallest absolute Gasteiger partial charge is 0.337 e. The Balaban J connectivity index is 2.48. The minimum absolute atomic E-state index is 0.150. The topological polar surface area (TPSA) is 90.7 Å². The first-order valence-electron chi connectivity index (χ1n) is 7.99. The van der Waals surface area contributed by atoms with Gasteiger partial charge in [0.1, 0.15) is 0 Å². The van der Waals surface area contributed by atoms with Crippen molar-refractivity contribution >= 4 is 28.6 Å². The number of aromatic nitrogens is 2. The largest absolute Gasteiger partial charge is 0.465 e. The fraction of sp³-hybridized carbons (Fsp3) is 0.471. The van der Waals surface area contributed by atoms with E-state index in [-0.39, 0.29) is 12.1 Å². The second-order valence-corrected chi connectivity index (χ2v) is 6.49. The summed E-state index contributed by atoms with van der Waals surface area (Å²) in [7, 11) is 1.30. The normalized spacial score (nSPS) is 12.3. The number of aliphatic hydroxyl groups is 1. The van der Waals surface area contributed by atoms with E-state index in [1.165, 1.54) is 29.5 Å². The van der Waals surface area contributed by atoms with Crippen LogP contribution in [0.4, 0.5) is 0 Å². The first-order valence-corrected chi connectivity index (χ1v) is 8.98. The average Bonchev–Trinajstić information content (AvgIpc) is 2.60. The molecule has 0 saturated carbocycles. The summed E-state index contributed by atoms with van der Waals surface area (Å²) in [5, 5.41) is 10.6. The number of nitrogens with zero attached hydrogens (tertiary/aromatic N) is 2. The molecule has 2 rings (SSSR count). The molecule has 136 valence electrons. The van der Waals surface area contributed by atoms with Crippen LogP contribution in [-0.4, -0.2) is 52.8 Å². The number of hydrogen-bond acceptors (Lipinski definition) is 7. The third-order valence-electron chi connectivity index (χ3n) is 3.45. The van der Waals surface area contributed by atoms with Crippen molar-refractivity contribution in [2.45, 2.75) is 31.7 Å². The quantitative estimate of drug-likeness (QED) is 0.329. The maximum Gasteiger partial charge on any atom is 0.337 e. The molecule has 1 aromatic carbocycles. The van der Waals surface area contributed by atoms with Crippen molar-refractivity contribution in [2.24, 2.45) is 0 Å². The van der Waals surface area contributed by atoms with Crippen LogP contribution < -0.4 is 5.56 Å². The number of esters is 1. The van der Waals surface area contributed by atoms with E-state index in [9.17, 15) is 14.7 Å². The Morgan fingerprint density at radius 1 is 1.44 bits per heavy atom. The molecule has 8 heteroatoms. The highest BCUT2D eigenvalue weighted by atomic mass is 32.2. The van der Waals surface area contributed by atoms with Gasteiger partial charge in [0.15, 0.2) is 5.16 Å². The number of hydrogen-bond donors (Lipinski definition) is 1. The van der Waals surface area contributed by atoms with Crippen LogP contribution in [0, 0.1) is 0 Å². The summed E-state index contributed by atoms with van der Waals surface area (Å²) >= 11 is 1.38. The summed E-state index contributed by atoms with van der Waals surface area (Å²) in [6.45, 7) is 4.83. The molecule has 0 saturated heterocycles. The van der Waals surface area contributed by atoms with Gasteiger partial charge in [0.2, 0.25) is 0 Å². The number of aliphatic hydroxyl groups excluding tert-OH is 1. The van der Waals surface area contributed by atoms with Gasteiger partial charge in [0.05, 0.1) is 42.8 Å². The van der Waals surface area contributed by atoms with Gasteiger partial charge in [0.25, 0.3) is 5.56 Å². The van der Waals surface area contributed by atoms with Crippen LogP contribution in [-0.2, 0) is 16.0 Å². The van der Waals surface area contributed by atoms with Crippen molar-refractivity contribution in [3.8, 4) is 0 Å². The van der Waals surface area contributed by atoms with Crippen molar-refractivity contribution in [3.05, 3.63) is 34.1 Å². The average molecular weight is 366 g/mol. The number of carbonyl (C=O) groups excluding carboxylic acids is 1. The second-order valence-electron chi connectivity index (χ2n) is 5.43. The molecule has 25 heavy (non-hydrogen) atoms. The Hall–Kier alpha value is -1.90. The monoisotopic (exact) mass is 366 g/mol. The van der Waals surface area contributed by atoms with E-state index in [0.717, 1.165) is 0 Å². The van der Waals surface area contributed by atoms with E-state index in [0.29, 0.717) is 40.6 Å². The first kappa shape index (κ1) is 19.4. The fourth-order valence-electron chi connectivity index (χ4n) is 2.32. The number of rotatable bonds is 8. The maximum absolute atomic E-state index is 12.8. The molecule has 7 nitrogen and oxygen atoms in total. The Kier molecular flexibility index (Phi) is 6.98. The Morgan fingerprint density at radius 2 is 2.20 bits per heavy atom. The Bertz CT molecular complexity index is 803. The predicted octanol–water partition coefficient (Wildman–Crippen LogP) is 1.69. The maximum atomic E-state index is 12.8. The molecule has 0 radical (unpaired) electrons. The molecule has 0 aliphatic heterocycles. The fourth-order valence-corrected chi connectivity index (χ4v) is 3.18. The lowest BCUT2D eigenvalue weighted by atomic mass is 10.1. The molecule has 0 unspecified atom stereocenters. The third kappa shape index (κ3) is 4.81. The SMILES string of the molecule is CCOCCSc1nc2cc(C(=O)OC)ccc2c(=O)n1C[C@@H](C)O. The second kappa shape index (κ2) is 8.98. The van der Waals surface area contributed by atoms with Crippen molar-refractivity contribution in [1.82, 2.24) is 9.55 Å². The molecule has 0 aliphatic rings. The Morgan fingerprint density at radius 3 is 2.84 bits per heavy atom. The van der Waals surface area contributed by atoms with E-state index < -0.39 is 12.1 Å². The van der Waals surface area contributed by atoms with Crippen LogP contribution in [0.15, 0.2) is 28.2 Å². The highest BCUT2D eigenvalue weighted by Gasteiger charge is 2.15. The van der Waals surface area contributed by atoms with Crippen LogP contribution >= 0.6 is 11.8 Å².